The van der Waals surface area contributed by atoms with Crippen LogP contribution in [0.1, 0.15) is 23.4 Å². The highest BCUT2D eigenvalue weighted by molar-refractivity contribution is 9.10. The Bertz CT molecular complexity index is 556. The van der Waals surface area contributed by atoms with Gasteiger partial charge < -0.3 is 5.32 Å². The highest BCUT2D eigenvalue weighted by Crippen LogP contribution is 2.28. The van der Waals surface area contributed by atoms with Crippen LogP contribution in [-0.4, -0.2) is 6.54 Å². The lowest BCUT2D eigenvalue weighted by atomic mass is 10.0. The lowest BCUT2D eigenvalue weighted by Crippen LogP contribution is -2.22. The maximum Gasteiger partial charge on any atom is 0.159 e. The van der Waals surface area contributed by atoms with Crippen LogP contribution in [-0.2, 0) is 6.42 Å². The third kappa shape index (κ3) is 3.84. The van der Waals surface area contributed by atoms with E-state index in [0.29, 0.717) is 6.42 Å². The van der Waals surface area contributed by atoms with Crippen molar-refractivity contribution in [1.29, 1.82) is 0 Å². The smallest absolute Gasteiger partial charge is 0.159 e. The summed E-state index contributed by atoms with van der Waals surface area (Å²) in [6, 6.07) is 6.25. The minimum absolute atomic E-state index is 0.117. The normalized spacial score (nSPS) is 12.6. The van der Waals surface area contributed by atoms with E-state index in [9.17, 15) is 8.78 Å². The molecular weight excluding hydrogens is 332 g/mol. The average Bonchev–Trinajstić information content (AvgIpc) is 2.80. The zero-order valence-electron chi connectivity index (χ0n) is 10.4. The van der Waals surface area contributed by atoms with Gasteiger partial charge in [0.2, 0.25) is 0 Å². The molecule has 0 radical (unpaired) electrons. The average molecular weight is 346 g/mol. The van der Waals surface area contributed by atoms with Crippen molar-refractivity contribution in [2.24, 2.45) is 0 Å². The lowest BCUT2D eigenvalue weighted by Gasteiger charge is -2.16. The molecule has 1 aromatic heterocycles. The van der Waals surface area contributed by atoms with Gasteiger partial charge in [-0.2, -0.15) is 0 Å². The number of hydrogen-bond donors (Lipinski definition) is 1. The van der Waals surface area contributed by atoms with Crippen molar-refractivity contribution < 1.29 is 8.78 Å². The first-order valence-electron chi connectivity index (χ1n) is 6.01. The van der Waals surface area contributed by atoms with Crippen LogP contribution >= 0.6 is 27.3 Å². The number of rotatable bonds is 5. The molecule has 5 heteroatoms. The standard InChI is InChI=1S/C14H14BrF2NS/c1-2-18-13(14-7-10(15)8-19-14)6-9-3-4-11(16)12(17)5-9/h3-5,7-8,13,18H,2,6H2,1H3. The van der Waals surface area contributed by atoms with Gasteiger partial charge in [0.05, 0.1) is 0 Å². The summed E-state index contributed by atoms with van der Waals surface area (Å²) in [5.41, 5.74) is 0.786. The number of thiophene rings is 1. The summed E-state index contributed by atoms with van der Waals surface area (Å²) in [7, 11) is 0. The van der Waals surface area contributed by atoms with Crippen LogP contribution in [0.3, 0.4) is 0 Å². The van der Waals surface area contributed by atoms with Crippen LogP contribution in [0.2, 0.25) is 0 Å². The first kappa shape index (κ1) is 14.6. The molecule has 1 heterocycles. The first-order chi connectivity index (χ1) is 9.10. The molecule has 2 rings (SSSR count). The van der Waals surface area contributed by atoms with Gasteiger partial charge in [-0.1, -0.05) is 13.0 Å². The Morgan fingerprint density at radius 1 is 1.26 bits per heavy atom. The van der Waals surface area contributed by atoms with E-state index in [-0.39, 0.29) is 6.04 Å². The molecule has 1 nitrogen and oxygen atoms in total. The van der Waals surface area contributed by atoms with Gasteiger partial charge in [0.15, 0.2) is 11.6 Å². The van der Waals surface area contributed by atoms with E-state index < -0.39 is 11.6 Å². The highest BCUT2D eigenvalue weighted by atomic mass is 79.9. The Labute approximate surface area is 123 Å². The second-order valence-corrected chi connectivity index (χ2v) is 6.09. The number of nitrogens with one attached hydrogen (secondary N) is 1. The molecule has 0 spiro atoms. The molecule has 1 unspecified atom stereocenters. The minimum Gasteiger partial charge on any atom is -0.309 e. The minimum atomic E-state index is -0.803. The lowest BCUT2D eigenvalue weighted by molar-refractivity contribution is 0.503. The summed E-state index contributed by atoms with van der Waals surface area (Å²) in [4.78, 5) is 1.18. The fourth-order valence-corrected chi connectivity index (χ4v) is 3.45. The quantitative estimate of drug-likeness (QED) is 0.829. The zero-order chi connectivity index (χ0) is 13.8. The van der Waals surface area contributed by atoms with Gasteiger partial charge >= 0.3 is 0 Å². The maximum absolute atomic E-state index is 13.2. The van der Waals surface area contributed by atoms with Gasteiger partial charge in [-0.3, -0.25) is 0 Å². The number of benzene rings is 1. The Morgan fingerprint density at radius 2 is 2.05 bits per heavy atom. The molecule has 19 heavy (non-hydrogen) atoms. The topological polar surface area (TPSA) is 12.0 Å². The van der Waals surface area contributed by atoms with E-state index in [1.54, 1.807) is 17.4 Å². The maximum atomic E-state index is 13.2. The fraction of sp³-hybridized carbons (Fsp3) is 0.286. The Morgan fingerprint density at radius 3 is 2.63 bits per heavy atom. The van der Waals surface area contributed by atoms with Crippen LogP contribution in [0.4, 0.5) is 8.78 Å². The molecule has 1 aromatic carbocycles. The van der Waals surface area contributed by atoms with Gasteiger partial charge in [-0.25, -0.2) is 8.78 Å². The third-order valence-corrected chi connectivity index (χ3v) is 4.61. The van der Waals surface area contributed by atoms with E-state index in [2.05, 4.69) is 27.3 Å². The van der Waals surface area contributed by atoms with E-state index in [1.807, 2.05) is 12.3 Å². The Hall–Kier alpha value is -0.780. The summed E-state index contributed by atoms with van der Waals surface area (Å²) in [5.74, 6) is -1.59. The van der Waals surface area contributed by atoms with Gasteiger partial charge in [-0.15, -0.1) is 11.3 Å². The molecule has 0 aliphatic carbocycles. The van der Waals surface area contributed by atoms with Crippen LogP contribution in [0.25, 0.3) is 0 Å². The SMILES string of the molecule is CCNC(Cc1ccc(F)c(F)c1)c1cc(Br)cs1. The molecule has 0 amide bonds. The van der Waals surface area contributed by atoms with E-state index in [1.165, 1.54) is 17.0 Å². The third-order valence-electron chi connectivity index (χ3n) is 2.81. The fourth-order valence-electron chi connectivity index (χ4n) is 1.93. The number of halogens is 3. The molecule has 0 bridgehead atoms. The molecule has 0 saturated carbocycles. The molecular formula is C14H14BrF2NS. The molecule has 0 saturated heterocycles. The molecule has 102 valence electrons. The summed E-state index contributed by atoms with van der Waals surface area (Å²) < 4.78 is 27.2. The van der Waals surface area contributed by atoms with Crippen molar-refractivity contribution in [2.75, 3.05) is 6.54 Å². The second-order valence-electron chi connectivity index (χ2n) is 4.23. The van der Waals surface area contributed by atoms with Crippen LogP contribution in [0.5, 0.6) is 0 Å². The van der Waals surface area contributed by atoms with E-state index >= 15 is 0 Å². The van der Waals surface area contributed by atoms with Crippen molar-refractivity contribution in [1.82, 2.24) is 5.32 Å². The van der Waals surface area contributed by atoms with E-state index in [4.69, 9.17) is 0 Å². The van der Waals surface area contributed by atoms with Crippen molar-refractivity contribution in [3.05, 3.63) is 56.2 Å². The van der Waals surface area contributed by atoms with Gasteiger partial charge in [0.1, 0.15) is 0 Å². The van der Waals surface area contributed by atoms with Gasteiger partial charge in [0, 0.05) is 20.8 Å². The van der Waals surface area contributed by atoms with Gasteiger partial charge in [0.25, 0.3) is 0 Å². The van der Waals surface area contributed by atoms with Crippen LogP contribution in [0, 0.1) is 11.6 Å². The van der Waals surface area contributed by atoms with Crippen LogP contribution < -0.4 is 5.32 Å². The van der Waals surface area contributed by atoms with Crippen molar-refractivity contribution >= 4 is 27.3 Å². The number of hydrogen-bond acceptors (Lipinski definition) is 2. The predicted molar refractivity (Wildman–Crippen MR) is 78.5 cm³/mol. The Balaban J connectivity index is 2.18. The molecule has 0 fully saturated rings. The molecule has 1 atom stereocenters. The van der Waals surface area contributed by atoms with Crippen LogP contribution in [0.15, 0.2) is 34.1 Å². The largest absolute Gasteiger partial charge is 0.309 e. The molecule has 2 aromatic rings. The molecule has 0 aliphatic rings. The predicted octanol–water partition coefficient (Wildman–Crippen LogP) is 4.68. The highest BCUT2D eigenvalue weighted by Gasteiger charge is 2.14. The first-order valence-corrected chi connectivity index (χ1v) is 7.68. The summed E-state index contributed by atoms with van der Waals surface area (Å²) in [6.45, 7) is 2.85. The summed E-state index contributed by atoms with van der Waals surface area (Å²) in [5, 5.41) is 5.39. The summed E-state index contributed by atoms with van der Waals surface area (Å²) >= 11 is 5.08. The van der Waals surface area contributed by atoms with Crippen molar-refractivity contribution in [2.45, 2.75) is 19.4 Å². The van der Waals surface area contributed by atoms with Crippen molar-refractivity contribution in [3.63, 3.8) is 0 Å². The van der Waals surface area contributed by atoms with E-state index in [0.717, 1.165) is 16.6 Å². The summed E-state index contributed by atoms with van der Waals surface area (Å²) in [6.07, 6.45) is 0.637. The molecule has 1 N–H and O–H groups in total. The van der Waals surface area contributed by atoms with Gasteiger partial charge in [-0.05, 0) is 52.7 Å². The Kier molecular flexibility index (Phi) is 5.07. The molecule has 0 aliphatic heterocycles. The van der Waals surface area contributed by atoms with Crippen molar-refractivity contribution in [3.8, 4) is 0 Å². The zero-order valence-corrected chi connectivity index (χ0v) is 12.8. The monoisotopic (exact) mass is 345 g/mol. The number of likely N-dealkylation sites (N-methyl/N-ethyl adjacent to an activating group) is 1. The second kappa shape index (κ2) is 6.59.